The Morgan fingerprint density at radius 2 is 1.80 bits per heavy atom. The molecule has 2 rings (SSSR count). The molecule has 0 bridgehead atoms. The van der Waals surface area contributed by atoms with Crippen molar-refractivity contribution in [2.75, 3.05) is 11.5 Å². The molecule has 8 heteroatoms. The molecule has 0 saturated carbocycles. The molecular formula is C17H18F3N5. The second-order valence-electron chi connectivity index (χ2n) is 5.95. The Labute approximate surface area is 143 Å². The van der Waals surface area contributed by atoms with Gasteiger partial charge in [-0.1, -0.05) is 24.8 Å². The molecule has 2 aromatic heterocycles. The van der Waals surface area contributed by atoms with Crippen LogP contribution in [-0.4, -0.2) is 15.0 Å². The fourth-order valence-corrected chi connectivity index (χ4v) is 2.16. The zero-order chi connectivity index (χ0) is 18.8. The molecule has 0 unspecified atom stereocenters. The number of hydrogen-bond donors (Lipinski definition) is 2. The van der Waals surface area contributed by atoms with Crippen LogP contribution in [0.25, 0.3) is 0 Å². The average molecular weight is 349 g/mol. The molecule has 0 fully saturated rings. The number of halogens is 3. The summed E-state index contributed by atoms with van der Waals surface area (Å²) in [7, 11) is 0. The van der Waals surface area contributed by atoms with Crippen LogP contribution in [0.1, 0.15) is 43.3 Å². The highest BCUT2D eigenvalue weighted by Crippen LogP contribution is 2.29. The summed E-state index contributed by atoms with van der Waals surface area (Å²) in [6.45, 7) is 5.45. The predicted octanol–water partition coefficient (Wildman–Crippen LogP) is 2.95. The van der Waals surface area contributed by atoms with Gasteiger partial charge in [-0.2, -0.15) is 18.2 Å². The summed E-state index contributed by atoms with van der Waals surface area (Å²) in [6.07, 6.45) is -2.72. The highest BCUT2D eigenvalue weighted by Gasteiger charge is 2.32. The molecule has 0 amide bonds. The van der Waals surface area contributed by atoms with Gasteiger partial charge in [-0.3, -0.25) is 4.98 Å². The molecule has 2 aromatic rings. The van der Waals surface area contributed by atoms with Gasteiger partial charge in [-0.05, 0) is 31.9 Å². The van der Waals surface area contributed by atoms with Crippen LogP contribution in [0.4, 0.5) is 24.9 Å². The zero-order valence-electron chi connectivity index (χ0n) is 14.1. The fraction of sp³-hybridized carbons (Fsp3) is 0.353. The molecule has 0 aliphatic carbocycles. The molecule has 0 saturated heterocycles. The van der Waals surface area contributed by atoms with E-state index in [1.54, 1.807) is 13.8 Å². The van der Waals surface area contributed by atoms with E-state index in [2.05, 4.69) is 26.8 Å². The van der Waals surface area contributed by atoms with Crippen LogP contribution >= 0.6 is 0 Å². The summed E-state index contributed by atoms with van der Waals surface area (Å²) in [4.78, 5) is 11.5. The number of pyridine rings is 1. The maximum atomic E-state index is 12.6. The van der Waals surface area contributed by atoms with Gasteiger partial charge in [0.2, 0.25) is 5.95 Å². The summed E-state index contributed by atoms with van der Waals surface area (Å²) in [5, 5.41) is 0. The van der Waals surface area contributed by atoms with Gasteiger partial charge in [-0.15, -0.1) is 0 Å². The predicted molar refractivity (Wildman–Crippen MR) is 89.4 cm³/mol. The Morgan fingerprint density at radius 1 is 1.12 bits per heavy atom. The van der Waals surface area contributed by atoms with Crippen LogP contribution < -0.4 is 11.5 Å². The molecule has 4 N–H and O–H groups in total. The second-order valence-corrected chi connectivity index (χ2v) is 5.95. The smallest absolute Gasteiger partial charge is 0.382 e. The van der Waals surface area contributed by atoms with Gasteiger partial charge in [-0.25, -0.2) is 4.98 Å². The van der Waals surface area contributed by atoms with E-state index in [0.29, 0.717) is 23.2 Å². The average Bonchev–Trinajstić information content (AvgIpc) is 2.52. The molecule has 0 aliphatic heterocycles. The lowest BCUT2D eigenvalue weighted by molar-refractivity contribution is -0.141. The first kappa shape index (κ1) is 18.5. The number of nitrogens with two attached hydrogens (primary N) is 2. The van der Waals surface area contributed by atoms with Gasteiger partial charge >= 0.3 is 6.18 Å². The summed E-state index contributed by atoms with van der Waals surface area (Å²) in [6, 6.07) is 2.31. The van der Waals surface area contributed by atoms with E-state index < -0.39 is 17.3 Å². The summed E-state index contributed by atoms with van der Waals surface area (Å²) in [5.41, 5.74) is 11.4. The molecule has 0 radical (unpaired) electrons. The number of nitrogens with zero attached hydrogens (tertiary/aromatic N) is 3. The minimum absolute atomic E-state index is 0.0751. The monoisotopic (exact) mass is 349 g/mol. The van der Waals surface area contributed by atoms with Crippen molar-refractivity contribution >= 4 is 11.8 Å². The van der Waals surface area contributed by atoms with E-state index in [0.717, 1.165) is 6.07 Å². The highest BCUT2D eigenvalue weighted by atomic mass is 19.4. The van der Waals surface area contributed by atoms with Crippen molar-refractivity contribution in [2.45, 2.75) is 38.8 Å². The van der Waals surface area contributed by atoms with Gasteiger partial charge < -0.3 is 11.5 Å². The topological polar surface area (TPSA) is 90.7 Å². The van der Waals surface area contributed by atoms with Crippen LogP contribution in [0.5, 0.6) is 0 Å². The minimum atomic E-state index is -4.47. The molecule has 0 aliphatic rings. The van der Waals surface area contributed by atoms with Crippen molar-refractivity contribution in [3.8, 4) is 11.8 Å². The van der Waals surface area contributed by atoms with Crippen molar-refractivity contribution in [1.82, 2.24) is 15.0 Å². The van der Waals surface area contributed by atoms with E-state index in [4.69, 9.17) is 11.5 Å². The molecular weight excluding hydrogens is 331 g/mol. The van der Waals surface area contributed by atoms with Crippen LogP contribution in [0.3, 0.4) is 0 Å². The van der Waals surface area contributed by atoms with E-state index in [-0.39, 0.29) is 11.8 Å². The Morgan fingerprint density at radius 3 is 2.32 bits per heavy atom. The third kappa shape index (κ3) is 4.18. The van der Waals surface area contributed by atoms with E-state index in [1.807, 2.05) is 6.92 Å². The van der Waals surface area contributed by atoms with Crippen LogP contribution in [0, 0.1) is 11.8 Å². The Hall–Kier alpha value is -2.82. The Bertz CT molecular complexity index is 830. The first-order valence-corrected chi connectivity index (χ1v) is 7.53. The molecule has 5 nitrogen and oxygen atoms in total. The summed E-state index contributed by atoms with van der Waals surface area (Å²) in [5.74, 6) is 6.20. The quantitative estimate of drug-likeness (QED) is 0.814. The molecule has 132 valence electrons. The SMILES string of the molecule is CCc1nc(N)nc(N)c1C#CC(C)(C)c1ccc(C(F)(F)F)nc1. The third-order valence-corrected chi connectivity index (χ3v) is 3.64. The number of rotatable bonds is 2. The number of nitrogen functional groups attached to an aromatic ring is 2. The minimum Gasteiger partial charge on any atom is -0.382 e. The normalized spacial score (nSPS) is 11.8. The van der Waals surface area contributed by atoms with Gasteiger partial charge in [0.1, 0.15) is 11.5 Å². The standard InChI is InChI=1S/C17H18F3N5/c1-4-12-11(14(21)25-15(22)24-12)7-8-16(2,3)10-5-6-13(23-9-10)17(18,19)20/h5-6,9H,4H2,1-3H3,(H4,21,22,24,25). The highest BCUT2D eigenvalue weighted by molar-refractivity contribution is 5.56. The summed E-state index contributed by atoms with van der Waals surface area (Å²) >= 11 is 0. The van der Waals surface area contributed by atoms with E-state index in [9.17, 15) is 13.2 Å². The Kier molecular flexibility index (Phi) is 4.88. The largest absolute Gasteiger partial charge is 0.433 e. The van der Waals surface area contributed by atoms with Crippen molar-refractivity contribution in [3.63, 3.8) is 0 Å². The van der Waals surface area contributed by atoms with Gasteiger partial charge in [0, 0.05) is 6.20 Å². The zero-order valence-corrected chi connectivity index (χ0v) is 14.1. The molecule has 2 heterocycles. The van der Waals surface area contributed by atoms with Crippen molar-refractivity contribution < 1.29 is 13.2 Å². The molecule has 0 aromatic carbocycles. The molecule has 25 heavy (non-hydrogen) atoms. The van der Waals surface area contributed by atoms with Crippen molar-refractivity contribution in [1.29, 1.82) is 0 Å². The van der Waals surface area contributed by atoms with Gasteiger partial charge in [0.25, 0.3) is 0 Å². The van der Waals surface area contributed by atoms with Gasteiger partial charge in [0.15, 0.2) is 0 Å². The molecule has 0 atom stereocenters. The number of hydrogen-bond acceptors (Lipinski definition) is 5. The lowest BCUT2D eigenvalue weighted by Crippen LogP contribution is -2.16. The third-order valence-electron chi connectivity index (χ3n) is 3.64. The fourth-order valence-electron chi connectivity index (χ4n) is 2.16. The lowest BCUT2D eigenvalue weighted by atomic mass is 9.86. The van der Waals surface area contributed by atoms with Crippen molar-refractivity contribution in [3.05, 3.63) is 40.8 Å². The van der Waals surface area contributed by atoms with Crippen LogP contribution in [0.2, 0.25) is 0 Å². The van der Waals surface area contributed by atoms with Crippen LogP contribution in [-0.2, 0) is 18.0 Å². The number of anilines is 2. The summed E-state index contributed by atoms with van der Waals surface area (Å²) < 4.78 is 37.9. The van der Waals surface area contributed by atoms with E-state index >= 15 is 0 Å². The maximum absolute atomic E-state index is 12.6. The first-order chi connectivity index (χ1) is 11.5. The second kappa shape index (κ2) is 6.59. The first-order valence-electron chi connectivity index (χ1n) is 7.53. The van der Waals surface area contributed by atoms with Gasteiger partial charge in [0.05, 0.1) is 16.7 Å². The molecule has 0 spiro atoms. The number of aryl methyl sites for hydroxylation is 1. The Balaban J connectivity index is 2.39. The lowest BCUT2D eigenvalue weighted by Gasteiger charge is -2.18. The van der Waals surface area contributed by atoms with Crippen LogP contribution in [0.15, 0.2) is 18.3 Å². The number of aromatic nitrogens is 3. The number of alkyl halides is 3. The maximum Gasteiger partial charge on any atom is 0.433 e. The van der Waals surface area contributed by atoms with E-state index in [1.165, 1.54) is 12.3 Å². The van der Waals surface area contributed by atoms with Crippen molar-refractivity contribution in [2.24, 2.45) is 0 Å².